The summed E-state index contributed by atoms with van der Waals surface area (Å²) in [6.07, 6.45) is 1.17. The molecule has 1 amide bonds. The Hall–Kier alpha value is -1.35. The first kappa shape index (κ1) is 21.7. The molecule has 1 fully saturated rings. The second-order valence-electron chi connectivity index (χ2n) is 7.57. The lowest BCUT2D eigenvalue weighted by Crippen LogP contribution is -2.55. The highest BCUT2D eigenvalue weighted by Crippen LogP contribution is 2.39. The van der Waals surface area contributed by atoms with Crippen molar-refractivity contribution in [2.75, 3.05) is 19.4 Å². The second kappa shape index (κ2) is 7.90. The van der Waals surface area contributed by atoms with Crippen LogP contribution in [0.4, 0.5) is 4.79 Å². The van der Waals surface area contributed by atoms with Crippen LogP contribution >= 0.6 is 0 Å². The number of ether oxygens (including phenoxy) is 1. The minimum atomic E-state index is -3.54. The van der Waals surface area contributed by atoms with Crippen LogP contribution in [0.3, 0.4) is 0 Å². The van der Waals surface area contributed by atoms with Gasteiger partial charge in [-0.05, 0) is 53.4 Å². The lowest BCUT2D eigenvalue weighted by Gasteiger charge is -2.42. The van der Waals surface area contributed by atoms with Crippen molar-refractivity contribution >= 4 is 22.2 Å². The molecule has 146 valence electrons. The molecule has 0 aromatic carbocycles. The fourth-order valence-corrected chi connectivity index (χ4v) is 3.53. The van der Waals surface area contributed by atoms with Crippen molar-refractivity contribution in [1.29, 1.82) is 0 Å². The zero-order chi connectivity index (χ0) is 19.5. The van der Waals surface area contributed by atoms with Crippen molar-refractivity contribution in [3.05, 3.63) is 0 Å². The molecule has 0 spiro atoms. The van der Waals surface area contributed by atoms with Crippen LogP contribution in [0.15, 0.2) is 0 Å². The zero-order valence-electron chi connectivity index (χ0n) is 15.6. The first-order chi connectivity index (χ1) is 11.3. The van der Waals surface area contributed by atoms with Gasteiger partial charge in [-0.1, -0.05) is 0 Å². The topological polar surface area (TPSA) is 110 Å². The van der Waals surface area contributed by atoms with Crippen molar-refractivity contribution < 1.29 is 32.0 Å². The number of carboxylic acid groups (broad SMARTS) is 1. The van der Waals surface area contributed by atoms with E-state index in [2.05, 4.69) is 0 Å². The van der Waals surface area contributed by atoms with Gasteiger partial charge >= 0.3 is 12.1 Å². The Morgan fingerprint density at radius 2 is 1.92 bits per heavy atom. The number of hydrogen-bond donors (Lipinski definition) is 1. The number of amides is 1. The standard InChI is InChI=1S/C16H29NO7S/c1-12(24-13(18)15(2,3)4)16(8-6-10-17(16)14(19)20)9-7-11-23-25(5,21)22/h12H,6-11H2,1-5H3,(H,19,20). The average Bonchev–Trinajstić information content (AvgIpc) is 2.86. The first-order valence-electron chi connectivity index (χ1n) is 8.36. The maximum absolute atomic E-state index is 12.2. The molecule has 1 aliphatic rings. The van der Waals surface area contributed by atoms with Gasteiger partial charge in [-0.25, -0.2) is 4.79 Å². The molecule has 0 radical (unpaired) electrons. The number of carbonyl (C=O) groups is 2. The van der Waals surface area contributed by atoms with Crippen LogP contribution in [0.5, 0.6) is 0 Å². The molecule has 1 heterocycles. The summed E-state index contributed by atoms with van der Waals surface area (Å²) in [6.45, 7) is 7.23. The zero-order valence-corrected chi connectivity index (χ0v) is 16.4. The Bertz CT molecular complexity index is 596. The van der Waals surface area contributed by atoms with Crippen molar-refractivity contribution in [2.24, 2.45) is 5.41 Å². The van der Waals surface area contributed by atoms with E-state index in [1.807, 2.05) is 0 Å². The third-order valence-corrected chi connectivity index (χ3v) is 5.06. The highest BCUT2D eigenvalue weighted by Gasteiger charge is 2.49. The van der Waals surface area contributed by atoms with Gasteiger partial charge in [0.25, 0.3) is 10.1 Å². The molecule has 1 saturated heterocycles. The summed E-state index contributed by atoms with van der Waals surface area (Å²) in [6, 6.07) is 0. The number of esters is 1. The van der Waals surface area contributed by atoms with Gasteiger partial charge in [0.05, 0.1) is 23.8 Å². The largest absolute Gasteiger partial charge is 0.465 e. The molecule has 0 aliphatic carbocycles. The molecule has 25 heavy (non-hydrogen) atoms. The summed E-state index contributed by atoms with van der Waals surface area (Å²) in [5, 5.41) is 9.54. The van der Waals surface area contributed by atoms with Crippen molar-refractivity contribution in [3.63, 3.8) is 0 Å². The lowest BCUT2D eigenvalue weighted by molar-refractivity contribution is -0.165. The van der Waals surface area contributed by atoms with Gasteiger partial charge in [0.15, 0.2) is 0 Å². The van der Waals surface area contributed by atoms with Gasteiger partial charge in [0.2, 0.25) is 0 Å². The Labute approximate surface area is 149 Å². The molecule has 0 aromatic heterocycles. The number of likely N-dealkylation sites (tertiary alicyclic amines) is 1. The summed E-state index contributed by atoms with van der Waals surface area (Å²) in [5.74, 6) is -0.399. The van der Waals surface area contributed by atoms with E-state index in [1.165, 1.54) is 4.90 Å². The van der Waals surface area contributed by atoms with Crippen molar-refractivity contribution in [2.45, 2.75) is 65.0 Å². The Kier molecular flexibility index (Phi) is 6.86. The Morgan fingerprint density at radius 1 is 1.32 bits per heavy atom. The summed E-state index contributed by atoms with van der Waals surface area (Å²) in [4.78, 5) is 25.2. The van der Waals surface area contributed by atoms with Gasteiger partial charge < -0.3 is 9.84 Å². The smallest absolute Gasteiger partial charge is 0.407 e. The quantitative estimate of drug-likeness (QED) is 0.410. The molecule has 8 nitrogen and oxygen atoms in total. The molecule has 1 aliphatic heterocycles. The van der Waals surface area contributed by atoms with E-state index < -0.39 is 39.2 Å². The molecule has 2 atom stereocenters. The maximum atomic E-state index is 12.2. The van der Waals surface area contributed by atoms with Crippen LogP contribution in [0, 0.1) is 5.41 Å². The molecular formula is C16H29NO7S. The highest BCUT2D eigenvalue weighted by atomic mass is 32.2. The predicted octanol–water partition coefficient (Wildman–Crippen LogP) is 2.23. The molecule has 2 unspecified atom stereocenters. The molecule has 0 aromatic rings. The maximum Gasteiger partial charge on any atom is 0.407 e. The number of hydrogen-bond acceptors (Lipinski definition) is 6. The van der Waals surface area contributed by atoms with E-state index in [9.17, 15) is 23.1 Å². The number of nitrogens with zero attached hydrogens (tertiary/aromatic N) is 1. The van der Waals surface area contributed by atoms with Crippen LogP contribution in [0.2, 0.25) is 0 Å². The summed E-state index contributed by atoms with van der Waals surface area (Å²) in [5.41, 5.74) is -1.56. The third-order valence-electron chi connectivity index (χ3n) is 4.46. The SMILES string of the molecule is CC(OC(=O)C(C)(C)C)C1(CCCOS(C)(=O)=O)CCCN1C(=O)O. The minimum absolute atomic E-state index is 0.0338. The van der Waals surface area contributed by atoms with Gasteiger partial charge in [-0.2, -0.15) is 8.42 Å². The lowest BCUT2D eigenvalue weighted by atomic mass is 9.85. The first-order valence-corrected chi connectivity index (χ1v) is 10.2. The summed E-state index contributed by atoms with van der Waals surface area (Å²) < 4.78 is 32.5. The fourth-order valence-electron chi connectivity index (χ4n) is 3.11. The van der Waals surface area contributed by atoms with Crippen molar-refractivity contribution in [3.8, 4) is 0 Å². The summed E-state index contributed by atoms with van der Waals surface area (Å²) in [7, 11) is -3.54. The highest BCUT2D eigenvalue weighted by molar-refractivity contribution is 7.85. The van der Waals surface area contributed by atoms with E-state index in [-0.39, 0.29) is 6.61 Å². The molecular weight excluding hydrogens is 350 g/mol. The molecule has 1 rings (SSSR count). The number of rotatable bonds is 7. The fraction of sp³-hybridized carbons (Fsp3) is 0.875. The van der Waals surface area contributed by atoms with Crippen LogP contribution in [0.1, 0.15) is 53.4 Å². The van der Waals surface area contributed by atoms with Crippen LogP contribution in [-0.4, -0.2) is 61.5 Å². The third kappa shape index (κ3) is 5.85. The van der Waals surface area contributed by atoms with Gasteiger partial charge in [-0.15, -0.1) is 0 Å². The van der Waals surface area contributed by atoms with Crippen LogP contribution in [0.25, 0.3) is 0 Å². The Morgan fingerprint density at radius 3 is 2.40 bits per heavy atom. The van der Waals surface area contributed by atoms with E-state index in [0.717, 1.165) is 6.26 Å². The molecule has 9 heteroatoms. The summed E-state index contributed by atoms with van der Waals surface area (Å²) >= 11 is 0. The second-order valence-corrected chi connectivity index (χ2v) is 9.21. The van der Waals surface area contributed by atoms with Crippen LogP contribution < -0.4 is 0 Å². The van der Waals surface area contributed by atoms with E-state index >= 15 is 0 Å². The monoisotopic (exact) mass is 379 g/mol. The Balaban J connectivity index is 2.92. The number of carbonyl (C=O) groups excluding carboxylic acids is 1. The van der Waals surface area contributed by atoms with Crippen molar-refractivity contribution in [1.82, 2.24) is 4.90 Å². The molecule has 1 N–H and O–H groups in total. The van der Waals surface area contributed by atoms with E-state index in [0.29, 0.717) is 32.2 Å². The van der Waals surface area contributed by atoms with Gasteiger partial charge in [0.1, 0.15) is 6.10 Å². The van der Waals surface area contributed by atoms with Crippen LogP contribution in [-0.2, 0) is 23.8 Å². The van der Waals surface area contributed by atoms with Gasteiger partial charge in [0, 0.05) is 6.54 Å². The molecule has 0 bridgehead atoms. The van der Waals surface area contributed by atoms with E-state index in [1.54, 1.807) is 27.7 Å². The van der Waals surface area contributed by atoms with Gasteiger partial charge in [-0.3, -0.25) is 13.9 Å². The van der Waals surface area contributed by atoms with E-state index in [4.69, 9.17) is 8.92 Å². The predicted molar refractivity (Wildman–Crippen MR) is 91.7 cm³/mol. The molecule has 0 saturated carbocycles. The average molecular weight is 379 g/mol. The normalized spacial score (nSPS) is 22.7. The minimum Gasteiger partial charge on any atom is -0.465 e.